The summed E-state index contributed by atoms with van der Waals surface area (Å²) in [5.41, 5.74) is 5.07. The molecule has 0 aromatic heterocycles. The highest BCUT2D eigenvalue weighted by molar-refractivity contribution is 6.04. The average Bonchev–Trinajstić information content (AvgIpc) is 2.75. The summed E-state index contributed by atoms with van der Waals surface area (Å²) in [6.45, 7) is 8.99. The third kappa shape index (κ3) is 5.23. The molecule has 0 amide bonds. The molecule has 1 atom stereocenters. The number of ether oxygens (including phenoxy) is 3. The van der Waals surface area contributed by atoms with Gasteiger partial charge in [-0.3, -0.25) is 4.99 Å². The summed E-state index contributed by atoms with van der Waals surface area (Å²) >= 11 is 0. The summed E-state index contributed by atoms with van der Waals surface area (Å²) in [5, 5.41) is 0. The maximum atomic E-state index is 6.04. The van der Waals surface area contributed by atoms with E-state index in [1.165, 1.54) is 22.4 Å². The Hall–Kier alpha value is -2.33. The number of nitrogens with zero attached hydrogens (tertiary/aromatic N) is 1. The van der Waals surface area contributed by atoms with Gasteiger partial charge in [-0.2, -0.15) is 0 Å². The van der Waals surface area contributed by atoms with E-state index in [1.54, 1.807) is 14.2 Å². The third-order valence-corrected chi connectivity index (χ3v) is 6.31. The lowest BCUT2D eigenvalue weighted by atomic mass is 9.66. The highest BCUT2D eigenvalue weighted by Gasteiger charge is 2.36. The molecule has 1 aliphatic carbocycles. The van der Waals surface area contributed by atoms with Crippen LogP contribution >= 0.6 is 0 Å². The van der Waals surface area contributed by atoms with Crippen LogP contribution in [0.2, 0.25) is 0 Å². The second-order valence-electron chi connectivity index (χ2n) is 8.77. The fourth-order valence-corrected chi connectivity index (χ4v) is 3.97. The Morgan fingerprint density at radius 3 is 2.43 bits per heavy atom. The van der Waals surface area contributed by atoms with Crippen molar-refractivity contribution in [2.45, 2.75) is 46.6 Å². The highest BCUT2D eigenvalue weighted by atomic mass is 16.5. The Morgan fingerprint density at radius 2 is 1.77 bits per heavy atom. The Balaban J connectivity index is 1.95. The van der Waals surface area contributed by atoms with Crippen molar-refractivity contribution in [3.8, 4) is 11.5 Å². The van der Waals surface area contributed by atoms with Crippen LogP contribution in [0.4, 0.5) is 0 Å². The molecular weight excluding hydrogens is 374 g/mol. The van der Waals surface area contributed by atoms with E-state index in [0.29, 0.717) is 25.7 Å². The zero-order chi connectivity index (χ0) is 21.6. The molecule has 4 heteroatoms. The predicted molar refractivity (Wildman–Crippen MR) is 123 cm³/mol. The molecule has 0 aliphatic heterocycles. The zero-order valence-electron chi connectivity index (χ0n) is 19.0. The molecule has 30 heavy (non-hydrogen) atoms. The summed E-state index contributed by atoms with van der Waals surface area (Å²) in [5.74, 6) is 2.13. The first-order valence-electron chi connectivity index (χ1n) is 10.9. The van der Waals surface area contributed by atoms with Crippen LogP contribution in [0.3, 0.4) is 0 Å². The lowest BCUT2D eigenvalue weighted by molar-refractivity contribution is 0.170. The van der Waals surface area contributed by atoms with E-state index >= 15 is 0 Å². The van der Waals surface area contributed by atoms with Gasteiger partial charge < -0.3 is 14.2 Å². The fraction of sp³-hybridized carbons (Fsp3) is 0.500. The summed E-state index contributed by atoms with van der Waals surface area (Å²) in [6.07, 6.45) is 2.84. The minimum atomic E-state index is 0.171. The Kier molecular flexibility index (Phi) is 7.54. The standard InChI is InChI=1S/C26H35NO3/c1-19(2)26(3)16-21-14-25(30-13-9-12-28-4)24(29-5)15-22(21)23(17-26)27-18-20-10-7-6-8-11-20/h6-8,10-11,14-15,19H,9,12-13,16-18H2,1-5H3. The molecule has 0 N–H and O–H groups in total. The van der Waals surface area contributed by atoms with Gasteiger partial charge in [0.1, 0.15) is 0 Å². The predicted octanol–water partition coefficient (Wildman–Crippen LogP) is 5.71. The van der Waals surface area contributed by atoms with Crippen molar-refractivity contribution in [2.24, 2.45) is 16.3 Å². The van der Waals surface area contributed by atoms with E-state index in [9.17, 15) is 0 Å². The molecule has 0 radical (unpaired) electrons. The van der Waals surface area contributed by atoms with Gasteiger partial charge >= 0.3 is 0 Å². The van der Waals surface area contributed by atoms with Gasteiger partial charge in [0, 0.05) is 31.4 Å². The van der Waals surface area contributed by atoms with Gasteiger partial charge in [-0.05, 0) is 47.4 Å². The molecule has 0 saturated carbocycles. The van der Waals surface area contributed by atoms with Crippen LogP contribution in [0.5, 0.6) is 11.5 Å². The Bertz CT molecular complexity index is 860. The Labute approximate surface area is 181 Å². The second-order valence-corrected chi connectivity index (χ2v) is 8.77. The van der Waals surface area contributed by atoms with Gasteiger partial charge in [-0.1, -0.05) is 51.1 Å². The maximum absolute atomic E-state index is 6.04. The SMILES string of the molecule is COCCCOc1cc2c(cc1OC)C(=NCc1ccccc1)CC(C)(C(C)C)C2. The molecule has 0 bridgehead atoms. The molecule has 1 aliphatic rings. The summed E-state index contributed by atoms with van der Waals surface area (Å²) in [4.78, 5) is 5.07. The van der Waals surface area contributed by atoms with E-state index < -0.39 is 0 Å². The van der Waals surface area contributed by atoms with E-state index in [0.717, 1.165) is 30.8 Å². The van der Waals surface area contributed by atoms with Crippen LogP contribution in [0, 0.1) is 11.3 Å². The quantitative estimate of drug-likeness (QED) is 0.498. The zero-order valence-corrected chi connectivity index (χ0v) is 19.0. The lowest BCUT2D eigenvalue weighted by Crippen LogP contribution is -2.34. The molecule has 1 unspecified atom stereocenters. The summed E-state index contributed by atoms with van der Waals surface area (Å²) in [6, 6.07) is 14.7. The number of fused-ring (bicyclic) bond motifs is 1. The van der Waals surface area contributed by atoms with Crippen LogP contribution in [0.25, 0.3) is 0 Å². The van der Waals surface area contributed by atoms with E-state index in [-0.39, 0.29) is 5.41 Å². The van der Waals surface area contributed by atoms with Gasteiger partial charge in [-0.15, -0.1) is 0 Å². The second kappa shape index (κ2) is 10.1. The van der Waals surface area contributed by atoms with Crippen LogP contribution in [-0.2, 0) is 17.7 Å². The summed E-state index contributed by atoms with van der Waals surface area (Å²) in [7, 11) is 3.41. The summed E-state index contributed by atoms with van der Waals surface area (Å²) < 4.78 is 16.8. The first-order chi connectivity index (χ1) is 14.5. The van der Waals surface area contributed by atoms with Gasteiger partial charge in [0.2, 0.25) is 0 Å². The number of aliphatic imine (C=N–C) groups is 1. The largest absolute Gasteiger partial charge is 0.493 e. The maximum Gasteiger partial charge on any atom is 0.161 e. The third-order valence-electron chi connectivity index (χ3n) is 6.31. The van der Waals surface area contributed by atoms with Crippen molar-refractivity contribution < 1.29 is 14.2 Å². The van der Waals surface area contributed by atoms with Crippen molar-refractivity contribution in [2.75, 3.05) is 27.4 Å². The molecule has 4 nitrogen and oxygen atoms in total. The molecule has 2 aromatic rings. The van der Waals surface area contributed by atoms with Gasteiger partial charge in [0.05, 0.1) is 20.3 Å². The topological polar surface area (TPSA) is 40.0 Å². The van der Waals surface area contributed by atoms with Crippen LogP contribution in [0.1, 0.15) is 50.3 Å². The van der Waals surface area contributed by atoms with Crippen LogP contribution in [0.15, 0.2) is 47.5 Å². The van der Waals surface area contributed by atoms with Gasteiger partial charge in [-0.25, -0.2) is 0 Å². The number of hydrogen-bond acceptors (Lipinski definition) is 4. The molecule has 162 valence electrons. The van der Waals surface area contributed by atoms with Crippen LogP contribution < -0.4 is 9.47 Å². The van der Waals surface area contributed by atoms with E-state index in [4.69, 9.17) is 19.2 Å². The van der Waals surface area contributed by atoms with Crippen molar-refractivity contribution in [3.05, 3.63) is 59.2 Å². The molecule has 3 rings (SSSR count). The minimum Gasteiger partial charge on any atom is -0.493 e. The van der Waals surface area contributed by atoms with Gasteiger partial charge in [0.25, 0.3) is 0 Å². The average molecular weight is 410 g/mol. The molecule has 0 saturated heterocycles. The van der Waals surface area contributed by atoms with E-state index in [2.05, 4.69) is 57.2 Å². The van der Waals surface area contributed by atoms with Crippen molar-refractivity contribution in [1.82, 2.24) is 0 Å². The molecule has 0 heterocycles. The number of rotatable bonds is 9. The number of hydrogen-bond donors (Lipinski definition) is 0. The molecular formula is C26H35NO3. The smallest absolute Gasteiger partial charge is 0.161 e. The van der Waals surface area contributed by atoms with E-state index in [1.807, 2.05) is 6.07 Å². The van der Waals surface area contributed by atoms with Crippen molar-refractivity contribution in [3.63, 3.8) is 0 Å². The number of benzene rings is 2. The monoisotopic (exact) mass is 409 g/mol. The fourth-order valence-electron chi connectivity index (χ4n) is 3.97. The van der Waals surface area contributed by atoms with Gasteiger partial charge in [0.15, 0.2) is 11.5 Å². The minimum absolute atomic E-state index is 0.171. The Morgan fingerprint density at radius 1 is 1.00 bits per heavy atom. The molecule has 0 spiro atoms. The van der Waals surface area contributed by atoms with Crippen LogP contribution in [-0.4, -0.2) is 33.1 Å². The normalized spacial score (nSPS) is 19.7. The first-order valence-corrected chi connectivity index (χ1v) is 10.9. The molecule has 0 fully saturated rings. The lowest BCUT2D eigenvalue weighted by Gasteiger charge is -2.39. The highest BCUT2D eigenvalue weighted by Crippen LogP contribution is 2.44. The van der Waals surface area contributed by atoms with Crippen molar-refractivity contribution in [1.29, 1.82) is 0 Å². The number of methoxy groups -OCH3 is 2. The van der Waals surface area contributed by atoms with Crippen molar-refractivity contribution >= 4 is 5.71 Å². The molecule has 2 aromatic carbocycles. The first kappa shape index (κ1) is 22.4.